The molecule has 0 aliphatic carbocycles. The molecule has 2 aromatic heterocycles. The second-order valence-electron chi connectivity index (χ2n) is 6.69. The lowest BCUT2D eigenvalue weighted by Gasteiger charge is -2.28. The van der Waals surface area contributed by atoms with Crippen LogP contribution in [0.2, 0.25) is 0 Å². The van der Waals surface area contributed by atoms with E-state index in [1.165, 1.54) is 5.69 Å². The fraction of sp³-hybridized carbons (Fsp3) is 0.556. The van der Waals surface area contributed by atoms with Gasteiger partial charge in [0.05, 0.1) is 25.5 Å². The Bertz CT molecular complexity index is 639. The van der Waals surface area contributed by atoms with Crippen molar-refractivity contribution in [1.29, 1.82) is 0 Å². The van der Waals surface area contributed by atoms with Crippen molar-refractivity contribution in [3.8, 4) is 0 Å². The van der Waals surface area contributed by atoms with Gasteiger partial charge in [-0.2, -0.15) is 5.10 Å². The molecule has 0 saturated carbocycles. The molecule has 0 bridgehead atoms. The van der Waals surface area contributed by atoms with Gasteiger partial charge >= 0.3 is 0 Å². The Morgan fingerprint density at radius 3 is 3.08 bits per heavy atom. The van der Waals surface area contributed by atoms with E-state index in [2.05, 4.69) is 25.7 Å². The lowest BCUT2D eigenvalue weighted by atomic mass is 10.1. The van der Waals surface area contributed by atoms with E-state index < -0.39 is 0 Å². The van der Waals surface area contributed by atoms with Gasteiger partial charge in [0.25, 0.3) is 0 Å². The first kappa shape index (κ1) is 15.7. The number of hydrogen-bond donors (Lipinski definition) is 0. The van der Waals surface area contributed by atoms with E-state index in [0.717, 1.165) is 51.4 Å². The largest absolute Gasteiger partial charge is 0.380 e. The molecule has 24 heavy (non-hydrogen) atoms. The van der Waals surface area contributed by atoms with Crippen LogP contribution in [0, 0.1) is 5.92 Å². The smallest absolute Gasteiger partial charge is 0.0731 e. The molecule has 6 heteroatoms. The minimum atomic E-state index is 0.434. The highest BCUT2D eigenvalue weighted by Gasteiger charge is 2.29. The highest BCUT2D eigenvalue weighted by Crippen LogP contribution is 2.22. The number of fused-ring (bicyclic) bond motifs is 1. The van der Waals surface area contributed by atoms with Crippen LogP contribution in [-0.2, 0) is 29.2 Å². The number of rotatable bonds is 5. The van der Waals surface area contributed by atoms with E-state index in [0.29, 0.717) is 18.6 Å². The summed E-state index contributed by atoms with van der Waals surface area (Å²) in [6, 6.07) is 6.64. The molecule has 0 aromatic carbocycles. The van der Waals surface area contributed by atoms with Crippen LogP contribution in [0.4, 0.5) is 0 Å². The van der Waals surface area contributed by atoms with Crippen LogP contribution in [0.3, 0.4) is 0 Å². The summed E-state index contributed by atoms with van der Waals surface area (Å²) in [7, 11) is 0. The number of aromatic nitrogens is 3. The van der Waals surface area contributed by atoms with E-state index in [1.54, 1.807) is 6.20 Å². The summed E-state index contributed by atoms with van der Waals surface area (Å²) in [6.07, 6.45) is 6.67. The highest BCUT2D eigenvalue weighted by molar-refractivity contribution is 5.07. The summed E-state index contributed by atoms with van der Waals surface area (Å²) < 4.78 is 13.7. The minimum Gasteiger partial charge on any atom is -0.380 e. The molecule has 0 unspecified atom stereocenters. The van der Waals surface area contributed by atoms with Gasteiger partial charge in [0.1, 0.15) is 0 Å². The maximum atomic E-state index is 5.98. The van der Waals surface area contributed by atoms with Crippen LogP contribution in [0.15, 0.2) is 36.8 Å². The van der Waals surface area contributed by atoms with Gasteiger partial charge < -0.3 is 9.47 Å². The average molecular weight is 328 g/mol. The zero-order chi connectivity index (χ0) is 16.2. The molecule has 1 fully saturated rings. The molecule has 4 heterocycles. The molecular formula is C18H24N4O2. The lowest BCUT2D eigenvalue weighted by Crippen LogP contribution is -2.38. The summed E-state index contributed by atoms with van der Waals surface area (Å²) in [5.74, 6) is 0.434. The lowest BCUT2D eigenvalue weighted by molar-refractivity contribution is 0.0558. The van der Waals surface area contributed by atoms with Crippen LogP contribution in [0.1, 0.15) is 17.7 Å². The number of nitrogens with zero attached hydrogens (tertiary/aromatic N) is 4. The fourth-order valence-electron chi connectivity index (χ4n) is 3.59. The topological polar surface area (TPSA) is 52.4 Å². The monoisotopic (exact) mass is 328 g/mol. The van der Waals surface area contributed by atoms with Crippen molar-refractivity contribution in [2.45, 2.75) is 32.2 Å². The van der Waals surface area contributed by atoms with Gasteiger partial charge in [-0.1, -0.05) is 6.07 Å². The summed E-state index contributed by atoms with van der Waals surface area (Å²) >= 11 is 0. The molecule has 0 spiro atoms. The Morgan fingerprint density at radius 1 is 1.25 bits per heavy atom. The standard InChI is InChI=1S/C18H24N4O2/c1-2-15(8-19-5-1)12-24-13-16-9-21(18-4-7-23-14-18)11-17-3-6-20-22(17)10-16/h1-3,5-6,8,16,18H,4,7,9-14H2/t16-,18-/m1/s1. The van der Waals surface area contributed by atoms with Crippen LogP contribution in [0.5, 0.6) is 0 Å². The zero-order valence-corrected chi connectivity index (χ0v) is 13.9. The molecule has 6 nitrogen and oxygen atoms in total. The first-order valence-corrected chi connectivity index (χ1v) is 8.67. The molecule has 0 amide bonds. The van der Waals surface area contributed by atoms with Crippen LogP contribution >= 0.6 is 0 Å². The third-order valence-corrected chi connectivity index (χ3v) is 4.86. The van der Waals surface area contributed by atoms with Crippen molar-refractivity contribution < 1.29 is 9.47 Å². The third kappa shape index (κ3) is 3.66. The summed E-state index contributed by atoms with van der Waals surface area (Å²) in [5.41, 5.74) is 2.41. The van der Waals surface area contributed by atoms with Crippen molar-refractivity contribution in [1.82, 2.24) is 19.7 Å². The Balaban J connectivity index is 1.39. The van der Waals surface area contributed by atoms with E-state index in [-0.39, 0.29) is 0 Å². The molecule has 1 saturated heterocycles. The van der Waals surface area contributed by atoms with E-state index >= 15 is 0 Å². The molecule has 128 valence electrons. The van der Waals surface area contributed by atoms with Crippen LogP contribution < -0.4 is 0 Å². The molecule has 0 radical (unpaired) electrons. The molecule has 2 aliphatic heterocycles. The zero-order valence-electron chi connectivity index (χ0n) is 13.9. The quantitative estimate of drug-likeness (QED) is 0.836. The summed E-state index contributed by atoms with van der Waals surface area (Å²) in [4.78, 5) is 6.68. The molecule has 2 atom stereocenters. The Hall–Kier alpha value is -1.76. The SMILES string of the molecule is c1cncc(COC[C@@H]2CN([C@@H]3CCOC3)Cc3ccnn3C2)c1. The molecule has 2 aliphatic rings. The third-order valence-electron chi connectivity index (χ3n) is 4.86. The molecule has 0 N–H and O–H groups in total. The van der Waals surface area contributed by atoms with Gasteiger partial charge in [-0.05, 0) is 24.1 Å². The Labute approximate surface area is 142 Å². The number of ether oxygens (including phenoxy) is 2. The second-order valence-corrected chi connectivity index (χ2v) is 6.69. The Kier molecular flexibility index (Phi) is 4.87. The maximum Gasteiger partial charge on any atom is 0.0731 e. The first-order valence-electron chi connectivity index (χ1n) is 8.67. The highest BCUT2D eigenvalue weighted by atomic mass is 16.5. The predicted octanol–water partition coefficient (Wildman–Crippen LogP) is 1.72. The van der Waals surface area contributed by atoms with Gasteiger partial charge in [0, 0.05) is 56.8 Å². The first-order chi connectivity index (χ1) is 11.9. The van der Waals surface area contributed by atoms with Gasteiger partial charge in [-0.25, -0.2) is 0 Å². The average Bonchev–Trinajstić information content (AvgIpc) is 3.25. The van der Waals surface area contributed by atoms with Crippen molar-refractivity contribution in [2.75, 3.05) is 26.4 Å². The van der Waals surface area contributed by atoms with Crippen LogP contribution in [-0.4, -0.2) is 52.1 Å². The van der Waals surface area contributed by atoms with Gasteiger partial charge in [0.2, 0.25) is 0 Å². The number of hydrogen-bond acceptors (Lipinski definition) is 5. The normalized spacial score (nSPS) is 24.7. The van der Waals surface area contributed by atoms with E-state index in [4.69, 9.17) is 9.47 Å². The van der Waals surface area contributed by atoms with Crippen molar-refractivity contribution >= 4 is 0 Å². The minimum absolute atomic E-state index is 0.434. The van der Waals surface area contributed by atoms with Gasteiger partial charge in [-0.15, -0.1) is 0 Å². The maximum absolute atomic E-state index is 5.98. The Morgan fingerprint density at radius 2 is 2.25 bits per heavy atom. The van der Waals surface area contributed by atoms with Crippen molar-refractivity contribution in [3.05, 3.63) is 48.0 Å². The van der Waals surface area contributed by atoms with Crippen LogP contribution in [0.25, 0.3) is 0 Å². The van der Waals surface area contributed by atoms with E-state index in [9.17, 15) is 0 Å². The molecular weight excluding hydrogens is 304 g/mol. The second kappa shape index (κ2) is 7.42. The summed E-state index contributed by atoms with van der Waals surface area (Å²) in [6.45, 7) is 5.97. The summed E-state index contributed by atoms with van der Waals surface area (Å²) in [5, 5.41) is 4.49. The number of pyridine rings is 1. The molecule has 2 aromatic rings. The van der Waals surface area contributed by atoms with Gasteiger partial charge in [0.15, 0.2) is 0 Å². The van der Waals surface area contributed by atoms with Crippen molar-refractivity contribution in [2.24, 2.45) is 5.92 Å². The van der Waals surface area contributed by atoms with Gasteiger partial charge in [-0.3, -0.25) is 14.6 Å². The van der Waals surface area contributed by atoms with Crippen molar-refractivity contribution in [3.63, 3.8) is 0 Å². The fourth-order valence-corrected chi connectivity index (χ4v) is 3.59. The molecule has 4 rings (SSSR count). The van der Waals surface area contributed by atoms with E-state index in [1.807, 2.05) is 24.5 Å². The predicted molar refractivity (Wildman–Crippen MR) is 89.2 cm³/mol.